The van der Waals surface area contributed by atoms with Crippen LogP contribution >= 0.6 is 0 Å². The molecule has 0 aromatic heterocycles. The molecule has 3 aliphatic rings. The number of hydrogen-bond donors (Lipinski definition) is 0. The van der Waals surface area contributed by atoms with Crippen LogP contribution in [-0.4, -0.2) is 24.1 Å². The summed E-state index contributed by atoms with van der Waals surface area (Å²) in [6, 6.07) is 34.7. The fraction of sp³-hybridized carbons (Fsp3) is 0.235. The lowest BCUT2D eigenvalue weighted by Gasteiger charge is -2.61. The summed E-state index contributed by atoms with van der Waals surface area (Å²) in [6.07, 6.45) is -1.45. The molecule has 0 saturated carbocycles. The molecule has 3 aliphatic carbocycles. The molecule has 7 rings (SSSR count). The molecule has 0 heterocycles. The van der Waals surface area contributed by atoms with Crippen LogP contribution in [0.5, 0.6) is 0 Å². The number of rotatable bonds is 4. The minimum Gasteiger partial charge on any atom is -0.454 e. The van der Waals surface area contributed by atoms with E-state index in [1.807, 2.05) is 60.7 Å². The van der Waals surface area contributed by atoms with Crippen molar-refractivity contribution in [1.82, 2.24) is 0 Å². The van der Waals surface area contributed by atoms with Gasteiger partial charge in [0.2, 0.25) is 0 Å². The molecule has 4 heteroatoms. The van der Waals surface area contributed by atoms with E-state index in [1.54, 1.807) is 24.3 Å². The predicted octanol–water partition coefficient (Wildman–Crippen LogP) is 6.93. The summed E-state index contributed by atoms with van der Waals surface area (Å²) in [5, 5.41) is 0. The van der Waals surface area contributed by atoms with Gasteiger partial charge in [0.25, 0.3) is 0 Å². The van der Waals surface area contributed by atoms with E-state index in [0.29, 0.717) is 11.1 Å². The van der Waals surface area contributed by atoms with Crippen molar-refractivity contribution in [2.45, 2.75) is 44.3 Å². The smallest absolute Gasteiger partial charge is 0.338 e. The monoisotopic (exact) mass is 502 g/mol. The van der Waals surface area contributed by atoms with E-state index in [4.69, 9.17) is 9.47 Å². The zero-order chi connectivity index (χ0) is 26.5. The maximum Gasteiger partial charge on any atom is 0.338 e. The van der Waals surface area contributed by atoms with Gasteiger partial charge >= 0.3 is 11.9 Å². The number of carbonyl (C=O) groups excluding carboxylic acids is 2. The van der Waals surface area contributed by atoms with E-state index in [-0.39, 0.29) is 5.92 Å². The Bertz CT molecular complexity index is 1450. The summed E-state index contributed by atoms with van der Waals surface area (Å²) in [4.78, 5) is 27.1. The van der Waals surface area contributed by atoms with Crippen molar-refractivity contribution < 1.29 is 19.1 Å². The SMILES string of the molecule is CC(C)(C)[C@]12c3ccccc3[C@H](c3ccccc31)C(OC(=O)c1ccccc1)C2OC(=O)c1ccccc1. The summed E-state index contributed by atoms with van der Waals surface area (Å²) in [7, 11) is 0. The van der Waals surface area contributed by atoms with Gasteiger partial charge in [-0.25, -0.2) is 9.59 Å². The third kappa shape index (κ3) is 3.51. The molecule has 2 bridgehead atoms. The van der Waals surface area contributed by atoms with Crippen LogP contribution in [0, 0.1) is 5.41 Å². The molecule has 0 fully saturated rings. The Labute approximate surface area is 223 Å². The normalized spacial score (nSPS) is 23.2. The lowest BCUT2D eigenvalue weighted by Crippen LogP contribution is -2.65. The third-order valence-electron chi connectivity index (χ3n) is 8.17. The zero-order valence-electron chi connectivity index (χ0n) is 21.8. The average Bonchev–Trinajstić information content (AvgIpc) is 2.94. The molecule has 2 atom stereocenters. The Morgan fingerprint density at radius 1 is 0.605 bits per heavy atom. The Morgan fingerprint density at radius 2 is 1.03 bits per heavy atom. The van der Waals surface area contributed by atoms with Crippen LogP contribution in [0.4, 0.5) is 0 Å². The lowest BCUT2D eigenvalue weighted by molar-refractivity contribution is -0.0987. The van der Waals surface area contributed by atoms with E-state index < -0.39 is 35.0 Å². The molecule has 4 aromatic carbocycles. The Kier molecular flexibility index (Phi) is 5.71. The zero-order valence-corrected chi connectivity index (χ0v) is 21.8. The summed E-state index contributed by atoms with van der Waals surface area (Å²) in [5.74, 6) is -1.13. The average molecular weight is 503 g/mol. The molecule has 4 aromatic rings. The molecule has 190 valence electrons. The summed E-state index contributed by atoms with van der Waals surface area (Å²) < 4.78 is 12.9. The molecule has 0 amide bonds. The second kappa shape index (κ2) is 8.98. The number of carbonyl (C=O) groups is 2. The quantitative estimate of drug-likeness (QED) is 0.284. The number of benzene rings is 4. The van der Waals surface area contributed by atoms with Gasteiger partial charge in [-0.15, -0.1) is 0 Å². The minimum atomic E-state index is -0.749. The first kappa shape index (κ1) is 24.2. The Morgan fingerprint density at radius 3 is 1.50 bits per heavy atom. The highest BCUT2D eigenvalue weighted by atomic mass is 16.6. The van der Waals surface area contributed by atoms with Gasteiger partial charge < -0.3 is 9.47 Å². The van der Waals surface area contributed by atoms with Gasteiger partial charge in [0.05, 0.1) is 22.5 Å². The van der Waals surface area contributed by atoms with Crippen LogP contribution in [0.1, 0.15) is 69.7 Å². The van der Waals surface area contributed by atoms with Crippen LogP contribution in [0.25, 0.3) is 0 Å². The maximum atomic E-state index is 13.6. The number of esters is 2. The molecular weight excluding hydrogens is 472 g/mol. The number of ether oxygens (including phenoxy) is 2. The second-order valence-electron chi connectivity index (χ2n) is 11.1. The minimum absolute atomic E-state index is 0.270. The van der Waals surface area contributed by atoms with Crippen molar-refractivity contribution >= 4 is 11.9 Å². The fourth-order valence-corrected chi connectivity index (χ4v) is 6.69. The first-order chi connectivity index (χ1) is 18.3. The molecule has 4 nitrogen and oxygen atoms in total. The van der Waals surface area contributed by atoms with Crippen LogP contribution < -0.4 is 0 Å². The summed E-state index contributed by atoms with van der Waals surface area (Å²) in [6.45, 7) is 6.52. The van der Waals surface area contributed by atoms with Crippen LogP contribution in [0.2, 0.25) is 0 Å². The fourth-order valence-electron chi connectivity index (χ4n) is 6.69. The third-order valence-corrected chi connectivity index (χ3v) is 8.17. The Hall–Kier alpha value is -4.18. The molecule has 38 heavy (non-hydrogen) atoms. The van der Waals surface area contributed by atoms with Crippen molar-refractivity contribution in [3.05, 3.63) is 143 Å². The summed E-state index contributed by atoms with van der Waals surface area (Å²) >= 11 is 0. The van der Waals surface area contributed by atoms with Crippen molar-refractivity contribution in [1.29, 1.82) is 0 Å². The standard InChI is InChI=1S/C34H30O4/c1-33(2,3)34-26-20-12-10-18-24(26)28(25-19-11-13-21-27(25)34)29(37-31(35)22-14-6-4-7-15-22)30(34)38-32(36)23-16-8-5-9-17-23/h4-21,28-30H,1-3H3/t28-,29?,30?,34-. The largest absolute Gasteiger partial charge is 0.454 e. The maximum absolute atomic E-state index is 13.6. The van der Waals surface area contributed by atoms with Crippen LogP contribution in [0.3, 0.4) is 0 Å². The Balaban J connectivity index is 1.58. The molecule has 0 N–H and O–H groups in total. The summed E-state index contributed by atoms with van der Waals surface area (Å²) in [5.41, 5.74) is 4.24. The van der Waals surface area contributed by atoms with Crippen molar-refractivity contribution in [2.24, 2.45) is 5.41 Å². The van der Waals surface area contributed by atoms with E-state index in [2.05, 4.69) is 45.0 Å². The van der Waals surface area contributed by atoms with Crippen molar-refractivity contribution in [3.63, 3.8) is 0 Å². The molecular formula is C34H30O4. The topological polar surface area (TPSA) is 52.6 Å². The van der Waals surface area contributed by atoms with Crippen molar-refractivity contribution in [2.75, 3.05) is 0 Å². The highest BCUT2D eigenvalue weighted by Crippen LogP contribution is 2.64. The number of hydrogen-bond acceptors (Lipinski definition) is 4. The highest BCUT2D eigenvalue weighted by molar-refractivity contribution is 5.91. The van der Waals surface area contributed by atoms with Gasteiger partial charge in [-0.1, -0.05) is 106 Å². The van der Waals surface area contributed by atoms with E-state index >= 15 is 0 Å². The van der Waals surface area contributed by atoms with E-state index in [1.165, 1.54) is 0 Å². The van der Waals surface area contributed by atoms with Crippen molar-refractivity contribution in [3.8, 4) is 0 Å². The van der Waals surface area contributed by atoms with Gasteiger partial charge in [0, 0.05) is 0 Å². The van der Waals surface area contributed by atoms with Gasteiger partial charge in [0.1, 0.15) is 0 Å². The molecule has 2 unspecified atom stereocenters. The van der Waals surface area contributed by atoms with Gasteiger partial charge in [-0.3, -0.25) is 0 Å². The first-order valence-corrected chi connectivity index (χ1v) is 13.0. The first-order valence-electron chi connectivity index (χ1n) is 13.0. The second-order valence-corrected chi connectivity index (χ2v) is 11.1. The number of fused-ring (bicyclic) bond motifs is 1. The molecule has 0 radical (unpaired) electrons. The molecule has 0 saturated heterocycles. The van der Waals surface area contributed by atoms with Gasteiger partial charge in [0.15, 0.2) is 12.2 Å². The van der Waals surface area contributed by atoms with E-state index in [0.717, 1.165) is 22.3 Å². The molecule has 0 spiro atoms. The van der Waals surface area contributed by atoms with Crippen LogP contribution in [-0.2, 0) is 14.9 Å². The predicted molar refractivity (Wildman–Crippen MR) is 146 cm³/mol. The van der Waals surface area contributed by atoms with Gasteiger partial charge in [-0.2, -0.15) is 0 Å². The molecule has 0 aliphatic heterocycles. The van der Waals surface area contributed by atoms with E-state index in [9.17, 15) is 9.59 Å². The van der Waals surface area contributed by atoms with Gasteiger partial charge in [-0.05, 0) is 51.9 Å². The highest BCUT2D eigenvalue weighted by Gasteiger charge is 2.66. The lowest BCUT2D eigenvalue weighted by atomic mass is 9.45. The van der Waals surface area contributed by atoms with Crippen LogP contribution in [0.15, 0.2) is 109 Å².